The number of carbonyl (C=O) groups is 2. The van der Waals surface area contributed by atoms with Crippen molar-refractivity contribution >= 4 is 23.4 Å². The Morgan fingerprint density at radius 2 is 1.83 bits per heavy atom. The number of likely N-dealkylation sites (tertiary alicyclic amines) is 1. The maximum atomic E-state index is 12.4. The van der Waals surface area contributed by atoms with Crippen LogP contribution in [-0.4, -0.2) is 81.6 Å². The molecule has 1 aliphatic heterocycles. The lowest BCUT2D eigenvalue weighted by molar-refractivity contribution is -0.124. The zero-order valence-corrected chi connectivity index (χ0v) is 18.2. The highest BCUT2D eigenvalue weighted by molar-refractivity contribution is 6.31. The molecule has 1 heterocycles. The molecule has 2 amide bonds. The molecule has 1 atom stereocenters. The van der Waals surface area contributed by atoms with Gasteiger partial charge in [-0.1, -0.05) is 29.8 Å². The quantitative estimate of drug-likeness (QED) is 0.499. The van der Waals surface area contributed by atoms with E-state index in [2.05, 4.69) is 15.5 Å². The highest BCUT2D eigenvalue weighted by Crippen LogP contribution is 2.29. The topological polar surface area (TPSA) is 73.9 Å². The summed E-state index contributed by atoms with van der Waals surface area (Å²) in [5.41, 5.74) is 1.04. The van der Waals surface area contributed by atoms with Crippen LogP contribution in [0, 0.1) is 0 Å². The van der Waals surface area contributed by atoms with Crippen LogP contribution in [0.5, 0.6) is 0 Å². The molecule has 0 bridgehead atoms. The van der Waals surface area contributed by atoms with E-state index in [1.54, 1.807) is 19.1 Å². The highest BCUT2D eigenvalue weighted by atomic mass is 35.5. The molecule has 1 saturated heterocycles. The van der Waals surface area contributed by atoms with Crippen molar-refractivity contribution in [1.29, 1.82) is 0 Å². The summed E-state index contributed by atoms with van der Waals surface area (Å²) < 4.78 is 4.95. The first-order chi connectivity index (χ1) is 14.0. The van der Waals surface area contributed by atoms with E-state index in [1.165, 1.54) is 0 Å². The van der Waals surface area contributed by atoms with Gasteiger partial charge < -0.3 is 15.4 Å². The molecule has 0 aromatic heterocycles. The average Bonchev–Trinajstić information content (AvgIpc) is 3.21. The number of nitrogens with one attached hydrogen (secondary N) is 2. The molecule has 1 aromatic rings. The second-order valence-electron chi connectivity index (χ2n) is 7.45. The molecule has 1 aromatic carbocycles. The number of benzene rings is 1. The van der Waals surface area contributed by atoms with Crippen LogP contribution in [0.3, 0.4) is 0 Å². The largest absolute Gasteiger partial charge is 0.385 e. The molecule has 1 fully saturated rings. The van der Waals surface area contributed by atoms with Gasteiger partial charge in [-0.2, -0.15) is 0 Å². The maximum Gasteiger partial charge on any atom is 0.234 e. The van der Waals surface area contributed by atoms with Gasteiger partial charge in [0.25, 0.3) is 0 Å². The number of ether oxygens (including phenoxy) is 1. The van der Waals surface area contributed by atoms with E-state index >= 15 is 0 Å². The molecule has 8 heteroatoms. The van der Waals surface area contributed by atoms with E-state index in [0.29, 0.717) is 19.7 Å². The van der Waals surface area contributed by atoms with Gasteiger partial charge in [-0.15, -0.1) is 0 Å². The van der Waals surface area contributed by atoms with Crippen LogP contribution in [0.25, 0.3) is 0 Å². The second kappa shape index (κ2) is 12.8. The van der Waals surface area contributed by atoms with Crippen molar-refractivity contribution in [1.82, 2.24) is 20.4 Å². The lowest BCUT2D eigenvalue weighted by Crippen LogP contribution is -2.43. The Labute approximate surface area is 178 Å². The van der Waals surface area contributed by atoms with Crippen LogP contribution in [-0.2, 0) is 14.3 Å². The average molecular weight is 425 g/mol. The smallest absolute Gasteiger partial charge is 0.234 e. The summed E-state index contributed by atoms with van der Waals surface area (Å²) in [5, 5.41) is 6.57. The Kier molecular flexibility index (Phi) is 10.4. The highest BCUT2D eigenvalue weighted by Gasteiger charge is 2.25. The van der Waals surface area contributed by atoms with E-state index in [4.69, 9.17) is 16.3 Å². The molecule has 1 unspecified atom stereocenters. The fourth-order valence-electron chi connectivity index (χ4n) is 3.55. The third-order valence-corrected chi connectivity index (χ3v) is 5.36. The van der Waals surface area contributed by atoms with Gasteiger partial charge in [0.2, 0.25) is 11.8 Å². The molecule has 0 aliphatic carbocycles. The second-order valence-corrected chi connectivity index (χ2v) is 7.86. The first-order valence-electron chi connectivity index (χ1n) is 10.2. The van der Waals surface area contributed by atoms with Crippen LogP contribution >= 0.6 is 11.6 Å². The van der Waals surface area contributed by atoms with E-state index in [-0.39, 0.29) is 30.9 Å². The molecule has 0 radical (unpaired) electrons. The van der Waals surface area contributed by atoms with Crippen molar-refractivity contribution < 1.29 is 14.3 Å². The van der Waals surface area contributed by atoms with Crippen molar-refractivity contribution in [3.05, 3.63) is 34.9 Å². The summed E-state index contributed by atoms with van der Waals surface area (Å²) >= 11 is 6.42. The van der Waals surface area contributed by atoms with Crippen LogP contribution in [0.15, 0.2) is 24.3 Å². The number of hydrogen-bond acceptors (Lipinski definition) is 5. The summed E-state index contributed by atoms with van der Waals surface area (Å²) in [7, 11) is 3.40. The molecule has 2 N–H and O–H groups in total. The number of methoxy groups -OCH3 is 1. The number of hydrogen-bond donors (Lipinski definition) is 2. The van der Waals surface area contributed by atoms with Gasteiger partial charge in [0, 0.05) is 31.8 Å². The summed E-state index contributed by atoms with van der Waals surface area (Å²) in [6.45, 7) is 4.05. The fourth-order valence-corrected chi connectivity index (χ4v) is 3.81. The standard InChI is InChI=1S/C21H33ClN4O3/c1-25(15-20(27)23-10-7-13-29-2)16-21(28)24-14-19(26-11-5-6-12-26)17-8-3-4-9-18(17)22/h3-4,8-9,19H,5-7,10-16H2,1-2H3,(H,23,27)(H,24,28). The molecule has 7 nitrogen and oxygen atoms in total. The molecule has 162 valence electrons. The minimum Gasteiger partial charge on any atom is -0.385 e. The fraction of sp³-hybridized carbons (Fsp3) is 0.619. The monoisotopic (exact) mass is 424 g/mol. The van der Waals surface area contributed by atoms with Gasteiger partial charge in [0.1, 0.15) is 0 Å². The van der Waals surface area contributed by atoms with Crippen molar-refractivity contribution in [2.24, 2.45) is 0 Å². The molecule has 0 spiro atoms. The molecule has 0 saturated carbocycles. The minimum absolute atomic E-state index is 0.0598. The normalized spacial score (nSPS) is 15.4. The zero-order valence-electron chi connectivity index (χ0n) is 17.5. The number of nitrogens with zero attached hydrogens (tertiary/aromatic N) is 2. The Morgan fingerprint density at radius 1 is 1.17 bits per heavy atom. The summed E-state index contributed by atoms with van der Waals surface area (Å²) in [4.78, 5) is 28.4. The Balaban J connectivity index is 1.80. The van der Waals surface area contributed by atoms with E-state index < -0.39 is 0 Å². The zero-order chi connectivity index (χ0) is 21.1. The van der Waals surface area contributed by atoms with Crippen molar-refractivity contribution in [3.8, 4) is 0 Å². The molecule has 1 aliphatic rings. The van der Waals surface area contributed by atoms with Crippen LogP contribution in [0.1, 0.15) is 30.9 Å². The first kappa shape index (κ1) is 23.6. The van der Waals surface area contributed by atoms with Gasteiger partial charge in [0.15, 0.2) is 0 Å². The third kappa shape index (κ3) is 8.30. The first-order valence-corrected chi connectivity index (χ1v) is 10.6. The summed E-state index contributed by atoms with van der Waals surface area (Å²) in [6.07, 6.45) is 3.10. The summed E-state index contributed by atoms with van der Waals surface area (Å²) in [5.74, 6) is -0.196. The van der Waals surface area contributed by atoms with Gasteiger partial charge >= 0.3 is 0 Å². The van der Waals surface area contributed by atoms with Crippen molar-refractivity contribution in [3.63, 3.8) is 0 Å². The maximum absolute atomic E-state index is 12.4. The molecular formula is C21H33ClN4O3. The molecule has 2 rings (SSSR count). The number of halogens is 1. The summed E-state index contributed by atoms with van der Waals surface area (Å²) in [6, 6.07) is 7.87. The van der Waals surface area contributed by atoms with Crippen LogP contribution < -0.4 is 10.6 Å². The van der Waals surface area contributed by atoms with Crippen LogP contribution in [0.4, 0.5) is 0 Å². The molecular weight excluding hydrogens is 392 g/mol. The predicted molar refractivity (Wildman–Crippen MR) is 115 cm³/mol. The van der Waals surface area contributed by atoms with Crippen molar-refractivity contribution in [2.75, 3.05) is 60.0 Å². The van der Waals surface area contributed by atoms with E-state index in [1.807, 2.05) is 24.3 Å². The van der Waals surface area contributed by atoms with Crippen molar-refractivity contribution in [2.45, 2.75) is 25.3 Å². The van der Waals surface area contributed by atoms with Gasteiger partial charge in [-0.05, 0) is 51.0 Å². The lowest BCUT2D eigenvalue weighted by Gasteiger charge is -2.29. The third-order valence-electron chi connectivity index (χ3n) is 5.01. The number of rotatable bonds is 12. The molecule has 29 heavy (non-hydrogen) atoms. The number of amides is 2. The van der Waals surface area contributed by atoms with Crippen LogP contribution in [0.2, 0.25) is 5.02 Å². The predicted octanol–water partition coefficient (Wildman–Crippen LogP) is 1.68. The van der Waals surface area contributed by atoms with Gasteiger partial charge in [0.05, 0.1) is 19.1 Å². The Morgan fingerprint density at radius 3 is 2.48 bits per heavy atom. The van der Waals surface area contributed by atoms with Gasteiger partial charge in [-0.3, -0.25) is 19.4 Å². The minimum atomic E-state index is -0.101. The van der Waals surface area contributed by atoms with E-state index in [0.717, 1.165) is 42.9 Å². The Bertz CT molecular complexity index is 653. The number of likely N-dealkylation sites (N-methyl/N-ethyl adjacent to an activating group) is 1. The van der Waals surface area contributed by atoms with Gasteiger partial charge in [-0.25, -0.2) is 0 Å². The number of carbonyl (C=O) groups excluding carboxylic acids is 2. The van der Waals surface area contributed by atoms with E-state index in [9.17, 15) is 9.59 Å². The lowest BCUT2D eigenvalue weighted by atomic mass is 10.1. The Hall–Kier alpha value is -1.67. The SMILES string of the molecule is COCCCNC(=O)CN(C)CC(=O)NCC(c1ccccc1Cl)N1CCCC1.